The Labute approximate surface area is 253 Å². The molecule has 0 aliphatic carbocycles. The Morgan fingerprint density at radius 3 is 2.00 bits per heavy atom. The number of aromatic hydroxyl groups is 4. The first-order chi connectivity index (χ1) is 21.4. The van der Waals surface area contributed by atoms with E-state index in [9.17, 15) is 56.2 Å². The fourth-order valence-corrected chi connectivity index (χ4v) is 5.11. The van der Waals surface area contributed by atoms with Gasteiger partial charge in [-0.1, -0.05) is 0 Å². The molecule has 0 saturated carbocycles. The topological polar surface area (TPSA) is 280 Å². The Kier molecular flexibility index (Phi) is 9.38. The van der Waals surface area contributed by atoms with Crippen molar-refractivity contribution < 1.29 is 84.3 Å². The summed E-state index contributed by atoms with van der Waals surface area (Å²) >= 11 is 0. The van der Waals surface area contributed by atoms with Crippen molar-refractivity contribution in [3.8, 4) is 45.8 Å². The number of benzene rings is 2. The van der Waals surface area contributed by atoms with Crippen molar-refractivity contribution in [2.24, 2.45) is 0 Å². The fourth-order valence-electron chi connectivity index (χ4n) is 5.11. The fraction of sp³-hybridized carbons (Fsp3) is 0.464. The van der Waals surface area contributed by atoms with Gasteiger partial charge in [-0.3, -0.25) is 0 Å². The molecule has 0 unspecified atom stereocenters. The van der Waals surface area contributed by atoms with Crippen molar-refractivity contribution in [1.82, 2.24) is 0 Å². The number of rotatable bonds is 8. The summed E-state index contributed by atoms with van der Waals surface area (Å²) < 4.78 is 33.8. The Morgan fingerprint density at radius 1 is 0.711 bits per heavy atom. The number of phenolic OH excluding ortho intramolecular Hbond substituents is 4. The van der Waals surface area contributed by atoms with Gasteiger partial charge in [-0.25, -0.2) is 4.42 Å². The maximum atomic E-state index is 11.0. The Hall–Kier alpha value is -3.75. The second-order valence-corrected chi connectivity index (χ2v) is 10.5. The van der Waals surface area contributed by atoms with Gasteiger partial charge in [-0.15, -0.1) is 0 Å². The van der Waals surface area contributed by atoms with Crippen LogP contribution < -0.4 is 9.47 Å². The highest BCUT2D eigenvalue weighted by molar-refractivity contribution is 5.88. The molecule has 246 valence electrons. The molecule has 17 heteroatoms. The summed E-state index contributed by atoms with van der Waals surface area (Å²) in [5.74, 6) is -2.69. The summed E-state index contributed by atoms with van der Waals surface area (Å²) in [5.41, 5.74) is -0.0351. The standard InChI is InChI=1S/C28H32O17/c1-40-15-3-9(2-13(33)19(15)34)25-16(6-11-12(32)4-10(31)5-14(11)41-25)42-28-26(23(38)21(36)18(8-30)44-28)45-27-24(39)22(37)20(35)17(7-29)43-27/h2-6,17-18,20-24,26-30,35-39H,7-8H2,1H3,(H3-,31,32,33,34)/p+1/t17-,18-,20-,21-,22+,23+,24-,26-,27+,28-/m1/s1. The van der Waals surface area contributed by atoms with Gasteiger partial charge in [0.05, 0.1) is 32.0 Å². The summed E-state index contributed by atoms with van der Waals surface area (Å²) in [6.45, 7) is -1.59. The van der Waals surface area contributed by atoms with Crippen LogP contribution in [0.4, 0.5) is 0 Å². The van der Waals surface area contributed by atoms with Gasteiger partial charge in [0, 0.05) is 24.3 Å². The van der Waals surface area contributed by atoms with Crippen LogP contribution in [0.15, 0.2) is 34.7 Å². The molecule has 45 heavy (non-hydrogen) atoms. The Bertz CT molecular complexity index is 1510. The first-order valence-electron chi connectivity index (χ1n) is 13.6. The van der Waals surface area contributed by atoms with Crippen LogP contribution in [-0.4, -0.2) is 138 Å². The molecule has 2 saturated heterocycles. The Balaban J connectivity index is 1.60. The van der Waals surface area contributed by atoms with Crippen LogP contribution in [0.1, 0.15) is 0 Å². The van der Waals surface area contributed by atoms with Gasteiger partial charge < -0.3 is 79.9 Å². The van der Waals surface area contributed by atoms with Crippen molar-refractivity contribution in [2.75, 3.05) is 20.3 Å². The first-order valence-corrected chi connectivity index (χ1v) is 13.6. The summed E-state index contributed by atoms with van der Waals surface area (Å²) in [6.07, 6.45) is -17.3. The van der Waals surface area contributed by atoms with Crippen LogP contribution in [-0.2, 0) is 14.2 Å². The van der Waals surface area contributed by atoms with E-state index in [1.165, 1.54) is 25.3 Å². The largest absolute Gasteiger partial charge is 0.507 e. The lowest BCUT2D eigenvalue weighted by Gasteiger charge is -2.45. The molecule has 2 aliphatic heterocycles. The number of aliphatic hydroxyl groups is 7. The molecule has 2 aliphatic rings. The van der Waals surface area contributed by atoms with Gasteiger partial charge in [0.15, 0.2) is 23.9 Å². The summed E-state index contributed by atoms with van der Waals surface area (Å²) in [4.78, 5) is 0. The average molecular weight is 642 g/mol. The van der Waals surface area contributed by atoms with Gasteiger partial charge in [0.25, 0.3) is 0 Å². The minimum absolute atomic E-state index is 0.00279. The minimum atomic E-state index is -1.91. The number of aliphatic hydroxyl groups excluding tert-OH is 7. The number of hydrogen-bond acceptors (Lipinski definition) is 16. The van der Waals surface area contributed by atoms with Crippen LogP contribution in [0.25, 0.3) is 22.3 Å². The highest BCUT2D eigenvalue weighted by Crippen LogP contribution is 2.45. The van der Waals surface area contributed by atoms with E-state index in [4.69, 9.17) is 28.1 Å². The van der Waals surface area contributed by atoms with E-state index in [1.54, 1.807) is 0 Å². The molecule has 5 rings (SSSR count). The summed E-state index contributed by atoms with van der Waals surface area (Å²) in [7, 11) is 1.22. The first kappa shape index (κ1) is 32.6. The minimum Gasteiger partial charge on any atom is -0.507 e. The van der Waals surface area contributed by atoms with Crippen LogP contribution in [0.5, 0.6) is 34.5 Å². The number of ether oxygens (including phenoxy) is 5. The van der Waals surface area contributed by atoms with E-state index in [0.717, 1.165) is 12.1 Å². The quantitative estimate of drug-likeness (QED) is 0.0957. The molecule has 0 radical (unpaired) electrons. The zero-order chi connectivity index (χ0) is 32.7. The normalized spacial score (nSPS) is 32.0. The van der Waals surface area contributed by atoms with Gasteiger partial charge in [0.1, 0.15) is 59.6 Å². The summed E-state index contributed by atoms with van der Waals surface area (Å²) in [5, 5.41) is 113. The Morgan fingerprint density at radius 2 is 1.36 bits per heavy atom. The maximum absolute atomic E-state index is 11.0. The molecule has 2 fully saturated rings. The lowest BCUT2D eigenvalue weighted by atomic mass is 9.97. The molecule has 11 N–H and O–H groups in total. The van der Waals surface area contributed by atoms with E-state index in [-0.39, 0.29) is 39.5 Å². The zero-order valence-corrected chi connectivity index (χ0v) is 23.4. The molecule has 0 bridgehead atoms. The van der Waals surface area contributed by atoms with E-state index in [1.807, 2.05) is 0 Å². The van der Waals surface area contributed by atoms with Crippen LogP contribution in [0, 0.1) is 0 Å². The van der Waals surface area contributed by atoms with E-state index in [2.05, 4.69) is 0 Å². The molecule has 10 atom stereocenters. The predicted octanol–water partition coefficient (Wildman–Crippen LogP) is -1.79. The molecule has 2 aromatic carbocycles. The number of phenols is 4. The number of fused-ring (bicyclic) bond motifs is 1. The molecule has 3 aromatic rings. The van der Waals surface area contributed by atoms with Crippen molar-refractivity contribution >= 4 is 11.0 Å². The number of methoxy groups -OCH3 is 1. The third kappa shape index (κ3) is 6.10. The second kappa shape index (κ2) is 12.9. The van der Waals surface area contributed by atoms with E-state index in [0.29, 0.717) is 0 Å². The zero-order valence-electron chi connectivity index (χ0n) is 23.4. The average Bonchev–Trinajstić information content (AvgIpc) is 3.01. The highest BCUT2D eigenvalue weighted by atomic mass is 16.8. The summed E-state index contributed by atoms with van der Waals surface area (Å²) in [6, 6.07) is 5.76. The monoisotopic (exact) mass is 641 g/mol. The smallest absolute Gasteiger partial charge is 0.402 e. The molecular weight excluding hydrogens is 608 g/mol. The molecule has 3 heterocycles. The third-order valence-corrected chi connectivity index (χ3v) is 7.56. The van der Waals surface area contributed by atoms with E-state index >= 15 is 0 Å². The van der Waals surface area contributed by atoms with Crippen LogP contribution in [0.2, 0.25) is 0 Å². The van der Waals surface area contributed by atoms with Crippen molar-refractivity contribution in [2.45, 2.75) is 61.4 Å². The molecule has 17 nitrogen and oxygen atoms in total. The highest BCUT2D eigenvalue weighted by Gasteiger charge is 2.52. The molecular formula is C28H33O17+. The third-order valence-electron chi connectivity index (χ3n) is 7.56. The molecule has 1 aromatic heterocycles. The number of hydrogen-bond donors (Lipinski definition) is 11. The lowest BCUT2D eigenvalue weighted by Crippen LogP contribution is -2.65. The SMILES string of the molecule is COc1cc(-c2[o+]c3cc(O)cc(O)c3cc2O[C@@H]2O[C@H](CO)[C@@H](O)[C@H](O)[C@H]2O[C@@H]2O[C@H](CO)[C@@H](O)[C@H](O)[C@H]2O)cc(O)c1O. The van der Waals surface area contributed by atoms with Crippen molar-refractivity contribution in [3.63, 3.8) is 0 Å². The van der Waals surface area contributed by atoms with Gasteiger partial charge in [-0.05, 0) is 0 Å². The maximum Gasteiger partial charge on any atom is 0.402 e. The second-order valence-electron chi connectivity index (χ2n) is 10.5. The lowest BCUT2D eigenvalue weighted by molar-refractivity contribution is -0.357. The van der Waals surface area contributed by atoms with Crippen LogP contribution in [0.3, 0.4) is 0 Å². The molecule has 0 amide bonds. The molecule has 0 spiro atoms. The predicted molar refractivity (Wildman–Crippen MR) is 146 cm³/mol. The van der Waals surface area contributed by atoms with E-state index < -0.39 is 91.9 Å². The van der Waals surface area contributed by atoms with Crippen molar-refractivity contribution in [1.29, 1.82) is 0 Å². The van der Waals surface area contributed by atoms with Gasteiger partial charge in [0.2, 0.25) is 17.8 Å². The van der Waals surface area contributed by atoms with Crippen molar-refractivity contribution in [3.05, 3.63) is 30.3 Å². The van der Waals surface area contributed by atoms with Gasteiger partial charge >= 0.3 is 11.3 Å². The van der Waals surface area contributed by atoms with Gasteiger partial charge in [-0.2, -0.15) is 0 Å². The van der Waals surface area contributed by atoms with Crippen LogP contribution >= 0.6 is 0 Å².